The van der Waals surface area contributed by atoms with Gasteiger partial charge in [-0.3, -0.25) is 0 Å². The highest BCUT2D eigenvalue weighted by Crippen LogP contribution is 2.49. The van der Waals surface area contributed by atoms with Gasteiger partial charge in [0.1, 0.15) is 0 Å². The van der Waals surface area contributed by atoms with Crippen molar-refractivity contribution in [1.29, 1.82) is 0 Å². The Kier molecular flexibility index (Phi) is 4.34. The van der Waals surface area contributed by atoms with E-state index in [0.717, 1.165) is 11.8 Å². The Morgan fingerprint density at radius 3 is 2.33 bits per heavy atom. The molecule has 0 aromatic rings. The lowest BCUT2D eigenvalue weighted by Gasteiger charge is -2.30. The van der Waals surface area contributed by atoms with E-state index < -0.39 is 10.2 Å². The Morgan fingerprint density at radius 2 is 1.89 bits per heavy atom. The Morgan fingerprint density at radius 1 is 1.22 bits per heavy atom. The summed E-state index contributed by atoms with van der Waals surface area (Å²) in [5.41, 5.74) is 0. The standard InChI is InChI=1S/C13H26N2O2S/c1-4-15(5-2)18(16,17)14-10(3)13-9-11-6-7-12(13)8-11/h10-14H,4-9H2,1-3H3/t10-,11-,12-,13-/m0/s1. The van der Waals surface area contributed by atoms with Crippen LogP contribution in [-0.2, 0) is 10.2 Å². The van der Waals surface area contributed by atoms with Crippen molar-refractivity contribution in [2.75, 3.05) is 13.1 Å². The lowest BCUT2D eigenvalue weighted by atomic mass is 9.84. The fourth-order valence-corrected chi connectivity index (χ4v) is 5.34. The van der Waals surface area contributed by atoms with Crippen molar-refractivity contribution in [2.24, 2.45) is 17.8 Å². The first-order valence-corrected chi connectivity index (χ1v) is 8.69. The second-order valence-corrected chi connectivity index (χ2v) is 7.54. The Labute approximate surface area is 111 Å². The molecular formula is C13H26N2O2S. The van der Waals surface area contributed by atoms with Crippen molar-refractivity contribution >= 4 is 10.2 Å². The minimum absolute atomic E-state index is 0.0749. The smallest absolute Gasteiger partial charge is 0.199 e. The van der Waals surface area contributed by atoms with Gasteiger partial charge in [-0.1, -0.05) is 20.3 Å². The molecule has 0 heterocycles. The van der Waals surface area contributed by atoms with Gasteiger partial charge in [0.25, 0.3) is 10.2 Å². The number of hydrogen-bond donors (Lipinski definition) is 1. The summed E-state index contributed by atoms with van der Waals surface area (Å²) in [5, 5.41) is 0. The summed E-state index contributed by atoms with van der Waals surface area (Å²) < 4.78 is 28.7. The summed E-state index contributed by atoms with van der Waals surface area (Å²) in [6.07, 6.45) is 5.19. The SMILES string of the molecule is CCN(CC)S(=O)(=O)N[C@@H](C)[C@@H]1C[C@H]2CC[C@H]1C2. The lowest BCUT2D eigenvalue weighted by molar-refractivity contribution is 0.276. The topological polar surface area (TPSA) is 49.4 Å². The van der Waals surface area contributed by atoms with Crippen LogP contribution in [-0.4, -0.2) is 31.9 Å². The Balaban J connectivity index is 1.96. The van der Waals surface area contributed by atoms with Gasteiger partial charge < -0.3 is 0 Å². The van der Waals surface area contributed by atoms with E-state index in [0.29, 0.717) is 19.0 Å². The van der Waals surface area contributed by atoms with Crippen LogP contribution >= 0.6 is 0 Å². The third kappa shape index (κ3) is 2.73. The zero-order valence-electron chi connectivity index (χ0n) is 11.7. The second kappa shape index (κ2) is 5.47. The van der Waals surface area contributed by atoms with E-state index >= 15 is 0 Å². The normalized spacial score (nSPS) is 33.2. The molecular weight excluding hydrogens is 248 g/mol. The third-order valence-corrected chi connectivity index (χ3v) is 6.68. The molecule has 0 aromatic heterocycles. The second-order valence-electron chi connectivity index (χ2n) is 5.83. The molecule has 0 spiro atoms. The van der Waals surface area contributed by atoms with Crippen LogP contribution < -0.4 is 4.72 Å². The molecule has 4 nitrogen and oxygen atoms in total. The lowest BCUT2D eigenvalue weighted by Crippen LogP contribution is -2.47. The molecule has 2 aliphatic carbocycles. The molecule has 106 valence electrons. The van der Waals surface area contributed by atoms with Gasteiger partial charge in [-0.2, -0.15) is 17.4 Å². The maximum absolute atomic E-state index is 12.2. The van der Waals surface area contributed by atoms with E-state index in [-0.39, 0.29) is 6.04 Å². The van der Waals surface area contributed by atoms with Crippen LogP contribution in [0.1, 0.15) is 46.5 Å². The van der Waals surface area contributed by atoms with Crippen LogP contribution in [0.2, 0.25) is 0 Å². The summed E-state index contributed by atoms with van der Waals surface area (Å²) in [6.45, 7) is 6.87. The van der Waals surface area contributed by atoms with E-state index in [1.54, 1.807) is 0 Å². The third-order valence-electron chi connectivity index (χ3n) is 4.82. The van der Waals surface area contributed by atoms with Crippen molar-refractivity contribution in [2.45, 2.75) is 52.5 Å². The maximum atomic E-state index is 12.2. The van der Waals surface area contributed by atoms with Crippen LogP contribution in [0.4, 0.5) is 0 Å². The van der Waals surface area contributed by atoms with Crippen LogP contribution in [0, 0.1) is 17.8 Å². The number of fused-ring (bicyclic) bond motifs is 2. The molecule has 2 bridgehead atoms. The summed E-state index contributed by atoms with van der Waals surface area (Å²) in [7, 11) is -3.29. The first kappa shape index (κ1) is 14.3. The van der Waals surface area contributed by atoms with Gasteiger partial charge in [0.15, 0.2) is 0 Å². The van der Waals surface area contributed by atoms with Crippen molar-refractivity contribution in [3.8, 4) is 0 Å². The van der Waals surface area contributed by atoms with Gasteiger partial charge in [-0.05, 0) is 43.9 Å². The molecule has 18 heavy (non-hydrogen) atoms. The highest BCUT2D eigenvalue weighted by molar-refractivity contribution is 7.87. The molecule has 0 aromatic carbocycles. The van der Waals surface area contributed by atoms with Crippen molar-refractivity contribution in [3.05, 3.63) is 0 Å². The van der Waals surface area contributed by atoms with Crippen LogP contribution in [0.3, 0.4) is 0 Å². The van der Waals surface area contributed by atoms with E-state index in [1.807, 2.05) is 20.8 Å². The summed E-state index contributed by atoms with van der Waals surface area (Å²) in [5.74, 6) is 2.17. The van der Waals surface area contributed by atoms with Crippen LogP contribution in [0.15, 0.2) is 0 Å². The number of nitrogens with zero attached hydrogens (tertiary/aromatic N) is 1. The average Bonchev–Trinajstić information content (AvgIpc) is 2.91. The fourth-order valence-electron chi connectivity index (χ4n) is 3.87. The zero-order chi connectivity index (χ0) is 13.3. The zero-order valence-corrected chi connectivity index (χ0v) is 12.5. The number of rotatable bonds is 6. The summed E-state index contributed by atoms with van der Waals surface area (Å²) >= 11 is 0. The molecule has 0 amide bonds. The predicted octanol–water partition coefficient (Wildman–Crippen LogP) is 1.99. The van der Waals surface area contributed by atoms with E-state index in [2.05, 4.69) is 4.72 Å². The molecule has 2 aliphatic rings. The van der Waals surface area contributed by atoms with Gasteiger partial charge >= 0.3 is 0 Å². The highest BCUT2D eigenvalue weighted by Gasteiger charge is 2.42. The molecule has 2 rings (SSSR count). The molecule has 0 radical (unpaired) electrons. The molecule has 0 aliphatic heterocycles. The summed E-state index contributed by atoms with van der Waals surface area (Å²) in [4.78, 5) is 0. The highest BCUT2D eigenvalue weighted by atomic mass is 32.2. The fraction of sp³-hybridized carbons (Fsp3) is 1.00. The molecule has 1 N–H and O–H groups in total. The minimum Gasteiger partial charge on any atom is -0.199 e. The quantitative estimate of drug-likeness (QED) is 0.805. The number of hydrogen-bond acceptors (Lipinski definition) is 2. The molecule has 0 saturated heterocycles. The molecule has 4 atom stereocenters. The monoisotopic (exact) mass is 274 g/mol. The van der Waals surface area contributed by atoms with Crippen molar-refractivity contribution < 1.29 is 8.42 Å². The predicted molar refractivity (Wildman–Crippen MR) is 73.4 cm³/mol. The number of nitrogens with one attached hydrogen (secondary N) is 1. The summed E-state index contributed by atoms with van der Waals surface area (Å²) in [6, 6.07) is 0.0749. The molecule has 0 unspecified atom stereocenters. The van der Waals surface area contributed by atoms with Crippen LogP contribution in [0.5, 0.6) is 0 Å². The first-order chi connectivity index (χ1) is 8.47. The minimum atomic E-state index is -3.29. The Hall–Kier alpha value is -0.130. The average molecular weight is 274 g/mol. The van der Waals surface area contributed by atoms with Gasteiger partial charge in [-0.15, -0.1) is 0 Å². The maximum Gasteiger partial charge on any atom is 0.279 e. The van der Waals surface area contributed by atoms with E-state index in [1.165, 1.54) is 30.0 Å². The van der Waals surface area contributed by atoms with Crippen molar-refractivity contribution in [1.82, 2.24) is 9.03 Å². The van der Waals surface area contributed by atoms with Gasteiger partial charge in [0, 0.05) is 19.1 Å². The largest absolute Gasteiger partial charge is 0.279 e. The molecule has 2 saturated carbocycles. The van der Waals surface area contributed by atoms with Crippen LogP contribution in [0.25, 0.3) is 0 Å². The van der Waals surface area contributed by atoms with E-state index in [9.17, 15) is 8.42 Å². The van der Waals surface area contributed by atoms with E-state index in [4.69, 9.17) is 0 Å². The molecule has 5 heteroatoms. The van der Waals surface area contributed by atoms with Gasteiger partial charge in [-0.25, -0.2) is 0 Å². The van der Waals surface area contributed by atoms with Gasteiger partial charge in [0.2, 0.25) is 0 Å². The van der Waals surface area contributed by atoms with Crippen molar-refractivity contribution in [3.63, 3.8) is 0 Å². The Bertz CT molecular complexity index is 378. The van der Waals surface area contributed by atoms with Gasteiger partial charge in [0.05, 0.1) is 0 Å². The first-order valence-electron chi connectivity index (χ1n) is 7.25. The molecule has 2 fully saturated rings.